The molecule has 0 bridgehead atoms. The molecule has 1 aromatic rings. The molecule has 0 fully saturated rings. The SMILES string of the molecule is CC(=O)COc1cc(Br)cc([N+](=O)[O-])c1. The summed E-state index contributed by atoms with van der Waals surface area (Å²) in [5.74, 6) is 0.156. The normalized spacial score (nSPS) is 9.73. The van der Waals surface area contributed by atoms with Crippen molar-refractivity contribution in [1.82, 2.24) is 0 Å². The van der Waals surface area contributed by atoms with Gasteiger partial charge in [0.05, 0.1) is 11.0 Å². The van der Waals surface area contributed by atoms with Crippen LogP contribution in [-0.4, -0.2) is 17.3 Å². The minimum absolute atomic E-state index is 0.0806. The number of ketones is 1. The maximum absolute atomic E-state index is 10.7. The molecule has 0 saturated heterocycles. The fourth-order valence-electron chi connectivity index (χ4n) is 0.922. The van der Waals surface area contributed by atoms with Crippen LogP contribution in [0.4, 0.5) is 5.69 Å². The Balaban J connectivity index is 2.88. The zero-order valence-electron chi connectivity index (χ0n) is 7.90. The Morgan fingerprint density at radius 2 is 2.20 bits per heavy atom. The van der Waals surface area contributed by atoms with Gasteiger partial charge in [-0.2, -0.15) is 0 Å². The van der Waals surface area contributed by atoms with Crippen molar-refractivity contribution in [3.05, 3.63) is 32.8 Å². The summed E-state index contributed by atoms with van der Waals surface area (Å²) < 4.78 is 5.59. The summed E-state index contributed by atoms with van der Waals surface area (Å²) in [4.78, 5) is 20.6. The monoisotopic (exact) mass is 273 g/mol. The topological polar surface area (TPSA) is 69.4 Å². The molecule has 80 valence electrons. The molecule has 0 atom stereocenters. The summed E-state index contributed by atoms with van der Waals surface area (Å²) in [6.07, 6.45) is 0. The summed E-state index contributed by atoms with van der Waals surface area (Å²) >= 11 is 3.12. The van der Waals surface area contributed by atoms with E-state index >= 15 is 0 Å². The standard InChI is InChI=1S/C9H8BrNO4/c1-6(12)5-15-9-3-7(10)2-8(4-9)11(13)14/h2-4H,5H2,1H3. The molecule has 0 spiro atoms. The largest absolute Gasteiger partial charge is 0.486 e. The van der Waals surface area contributed by atoms with Crippen LogP contribution in [0, 0.1) is 10.1 Å². The molecule has 5 nitrogen and oxygen atoms in total. The maximum atomic E-state index is 10.7. The summed E-state index contributed by atoms with van der Waals surface area (Å²) in [7, 11) is 0. The first-order valence-corrected chi connectivity index (χ1v) is 4.85. The van der Waals surface area contributed by atoms with Gasteiger partial charge >= 0.3 is 0 Å². The molecule has 1 rings (SSSR count). The molecule has 0 heterocycles. The maximum Gasteiger partial charge on any atom is 0.274 e. The number of nitro groups is 1. The first kappa shape index (κ1) is 11.6. The summed E-state index contributed by atoms with van der Waals surface area (Å²) in [5, 5.41) is 10.5. The van der Waals surface area contributed by atoms with Crippen LogP contribution in [0.1, 0.15) is 6.92 Å². The predicted octanol–water partition coefficient (Wildman–Crippen LogP) is 2.33. The minimum Gasteiger partial charge on any atom is -0.486 e. The van der Waals surface area contributed by atoms with Crippen LogP contribution in [-0.2, 0) is 4.79 Å². The van der Waals surface area contributed by atoms with Gasteiger partial charge in [0.25, 0.3) is 5.69 Å². The minimum atomic E-state index is -0.522. The second kappa shape index (κ2) is 4.88. The highest BCUT2D eigenvalue weighted by Crippen LogP contribution is 2.25. The van der Waals surface area contributed by atoms with Gasteiger partial charge in [-0.3, -0.25) is 14.9 Å². The number of nitrogens with zero attached hydrogens (tertiary/aromatic N) is 1. The van der Waals surface area contributed by atoms with E-state index in [1.165, 1.54) is 19.1 Å². The van der Waals surface area contributed by atoms with E-state index in [0.717, 1.165) is 0 Å². The first-order valence-electron chi connectivity index (χ1n) is 4.06. The number of carbonyl (C=O) groups excluding carboxylic acids is 1. The number of benzene rings is 1. The highest BCUT2D eigenvalue weighted by Gasteiger charge is 2.09. The molecule has 0 aromatic heterocycles. The number of rotatable bonds is 4. The second-order valence-corrected chi connectivity index (χ2v) is 3.81. The number of carbonyl (C=O) groups is 1. The number of non-ortho nitro benzene ring substituents is 1. The Kier molecular flexibility index (Phi) is 3.79. The summed E-state index contributed by atoms with van der Waals surface area (Å²) in [6.45, 7) is 1.29. The average molecular weight is 274 g/mol. The Bertz CT molecular complexity index is 405. The van der Waals surface area contributed by atoms with Gasteiger partial charge in [0.15, 0.2) is 5.78 Å². The number of nitro benzene ring substituents is 1. The Labute approximate surface area is 94.3 Å². The molecule has 0 N–H and O–H groups in total. The first-order chi connectivity index (χ1) is 6.99. The lowest BCUT2D eigenvalue weighted by molar-refractivity contribution is -0.385. The third kappa shape index (κ3) is 3.67. The van der Waals surface area contributed by atoms with Gasteiger partial charge in [-0.25, -0.2) is 0 Å². The van der Waals surface area contributed by atoms with Crippen molar-refractivity contribution in [1.29, 1.82) is 0 Å². The van der Waals surface area contributed by atoms with Crippen molar-refractivity contribution in [2.45, 2.75) is 6.92 Å². The molecule has 0 aliphatic carbocycles. The van der Waals surface area contributed by atoms with Gasteiger partial charge in [0, 0.05) is 10.5 Å². The molecule has 15 heavy (non-hydrogen) atoms. The second-order valence-electron chi connectivity index (χ2n) is 2.89. The van der Waals surface area contributed by atoms with Gasteiger partial charge in [-0.1, -0.05) is 15.9 Å². The van der Waals surface area contributed by atoms with E-state index in [-0.39, 0.29) is 18.1 Å². The predicted molar refractivity (Wildman–Crippen MR) is 57.0 cm³/mol. The molecule has 0 amide bonds. The van der Waals surface area contributed by atoms with E-state index in [2.05, 4.69) is 15.9 Å². The van der Waals surface area contributed by atoms with E-state index in [9.17, 15) is 14.9 Å². The Morgan fingerprint density at radius 3 is 2.73 bits per heavy atom. The fraction of sp³-hybridized carbons (Fsp3) is 0.222. The van der Waals surface area contributed by atoms with Crippen LogP contribution in [0.2, 0.25) is 0 Å². The van der Waals surface area contributed by atoms with Crippen LogP contribution < -0.4 is 4.74 Å². The van der Waals surface area contributed by atoms with Crippen LogP contribution >= 0.6 is 15.9 Å². The van der Waals surface area contributed by atoms with Crippen LogP contribution in [0.25, 0.3) is 0 Å². The summed E-state index contributed by atoms with van der Waals surface area (Å²) in [6, 6.07) is 4.20. The van der Waals surface area contributed by atoms with Gasteiger partial charge in [0.1, 0.15) is 12.4 Å². The smallest absolute Gasteiger partial charge is 0.274 e. The highest BCUT2D eigenvalue weighted by atomic mass is 79.9. The van der Waals surface area contributed by atoms with E-state index in [1.54, 1.807) is 6.07 Å². The Hall–Kier alpha value is -1.43. The molecule has 0 saturated carbocycles. The van der Waals surface area contributed by atoms with Crippen molar-refractivity contribution in [3.8, 4) is 5.75 Å². The molecular weight excluding hydrogens is 266 g/mol. The van der Waals surface area contributed by atoms with Crippen LogP contribution in [0.15, 0.2) is 22.7 Å². The number of ether oxygens (including phenoxy) is 1. The van der Waals surface area contributed by atoms with E-state index in [4.69, 9.17) is 4.74 Å². The van der Waals surface area contributed by atoms with E-state index in [0.29, 0.717) is 10.2 Å². The highest BCUT2D eigenvalue weighted by molar-refractivity contribution is 9.10. The average Bonchev–Trinajstić information content (AvgIpc) is 2.13. The summed E-state index contributed by atoms with van der Waals surface area (Å²) in [5.41, 5.74) is -0.0806. The number of hydrogen-bond acceptors (Lipinski definition) is 4. The lowest BCUT2D eigenvalue weighted by Gasteiger charge is -2.03. The third-order valence-corrected chi connectivity index (χ3v) is 1.97. The third-order valence-electron chi connectivity index (χ3n) is 1.51. The molecule has 6 heteroatoms. The van der Waals surface area contributed by atoms with E-state index in [1.807, 2.05) is 0 Å². The Morgan fingerprint density at radius 1 is 1.53 bits per heavy atom. The van der Waals surface area contributed by atoms with Crippen molar-refractivity contribution in [2.24, 2.45) is 0 Å². The van der Waals surface area contributed by atoms with Crippen LogP contribution in [0.5, 0.6) is 5.75 Å². The molecule has 0 radical (unpaired) electrons. The lowest BCUT2D eigenvalue weighted by atomic mass is 10.3. The molecule has 0 unspecified atom stereocenters. The number of hydrogen-bond donors (Lipinski definition) is 0. The van der Waals surface area contributed by atoms with Gasteiger partial charge < -0.3 is 4.74 Å². The lowest BCUT2D eigenvalue weighted by Crippen LogP contribution is -2.06. The van der Waals surface area contributed by atoms with E-state index < -0.39 is 4.92 Å². The zero-order valence-corrected chi connectivity index (χ0v) is 9.48. The number of halogens is 1. The molecule has 0 aliphatic heterocycles. The molecular formula is C9H8BrNO4. The van der Waals surface area contributed by atoms with Crippen LogP contribution in [0.3, 0.4) is 0 Å². The fourth-order valence-corrected chi connectivity index (χ4v) is 1.38. The van der Waals surface area contributed by atoms with Crippen molar-refractivity contribution >= 4 is 27.4 Å². The quantitative estimate of drug-likeness (QED) is 0.624. The van der Waals surface area contributed by atoms with Gasteiger partial charge in [-0.05, 0) is 13.0 Å². The number of Topliss-reactive ketones (excluding diaryl/α,β-unsaturated/α-hetero) is 1. The zero-order chi connectivity index (χ0) is 11.4. The van der Waals surface area contributed by atoms with Gasteiger partial charge in [0.2, 0.25) is 0 Å². The van der Waals surface area contributed by atoms with Crippen molar-refractivity contribution in [2.75, 3.05) is 6.61 Å². The van der Waals surface area contributed by atoms with Gasteiger partial charge in [-0.15, -0.1) is 0 Å². The van der Waals surface area contributed by atoms with Crippen molar-refractivity contribution < 1.29 is 14.5 Å². The molecule has 0 aliphatic rings. The van der Waals surface area contributed by atoms with Crippen molar-refractivity contribution in [3.63, 3.8) is 0 Å². The molecule has 1 aromatic carbocycles.